The van der Waals surface area contributed by atoms with Crippen molar-refractivity contribution in [3.63, 3.8) is 0 Å². The Morgan fingerprint density at radius 2 is 1.65 bits per heavy atom. The maximum Gasteiger partial charge on any atom is 0.264 e. The summed E-state index contributed by atoms with van der Waals surface area (Å²) in [5.41, 5.74) is 0.997. The number of para-hydroxylation sites is 1. The van der Waals surface area contributed by atoms with Gasteiger partial charge in [0.05, 0.1) is 16.0 Å². The lowest BCUT2D eigenvalue weighted by Gasteiger charge is -2.40. The summed E-state index contributed by atoms with van der Waals surface area (Å²) in [7, 11) is -2.30. The summed E-state index contributed by atoms with van der Waals surface area (Å²) in [6.45, 7) is 0. The fraction of sp³-hybridized carbons (Fsp3) is 0.208. The molecule has 0 bridgehead atoms. The van der Waals surface area contributed by atoms with Gasteiger partial charge in [-0.05, 0) is 60.9 Å². The summed E-state index contributed by atoms with van der Waals surface area (Å²) in [6.07, 6.45) is 2.24. The van der Waals surface area contributed by atoms with Crippen LogP contribution in [0.2, 0.25) is 0 Å². The number of amides is 1. The minimum Gasteiger partial charge on any atom is -0.325 e. The first-order chi connectivity index (χ1) is 14.8. The Morgan fingerprint density at radius 1 is 0.968 bits per heavy atom. The molecule has 3 aromatic rings. The van der Waals surface area contributed by atoms with Crippen molar-refractivity contribution in [2.24, 2.45) is 0 Å². The van der Waals surface area contributed by atoms with Crippen LogP contribution in [0, 0.1) is 5.82 Å². The number of rotatable bonds is 6. The van der Waals surface area contributed by atoms with E-state index in [1.165, 1.54) is 35.6 Å². The highest BCUT2D eigenvalue weighted by Crippen LogP contribution is 2.44. The van der Waals surface area contributed by atoms with Crippen LogP contribution in [-0.2, 0) is 20.2 Å². The van der Waals surface area contributed by atoms with Crippen LogP contribution < -0.4 is 9.62 Å². The third-order valence-corrected chi connectivity index (χ3v) is 7.69. The normalized spacial score (nSPS) is 15.0. The Bertz CT molecular complexity index is 1190. The second kappa shape index (κ2) is 8.15. The lowest BCUT2D eigenvalue weighted by molar-refractivity contribution is -0.124. The molecule has 0 aliphatic heterocycles. The Balaban J connectivity index is 1.58. The predicted molar refractivity (Wildman–Crippen MR) is 119 cm³/mol. The van der Waals surface area contributed by atoms with Gasteiger partial charge in [0, 0.05) is 12.7 Å². The molecule has 0 unspecified atom stereocenters. The minimum absolute atomic E-state index is 0.0843. The van der Waals surface area contributed by atoms with Gasteiger partial charge in [-0.25, -0.2) is 12.8 Å². The van der Waals surface area contributed by atoms with E-state index in [4.69, 9.17) is 0 Å². The zero-order valence-electron chi connectivity index (χ0n) is 17.1. The number of hydrogen-bond acceptors (Lipinski definition) is 3. The van der Waals surface area contributed by atoms with Crippen molar-refractivity contribution in [2.45, 2.75) is 29.6 Å². The number of benzene rings is 3. The average molecular weight is 439 g/mol. The molecule has 160 valence electrons. The van der Waals surface area contributed by atoms with Crippen LogP contribution >= 0.6 is 0 Å². The summed E-state index contributed by atoms with van der Waals surface area (Å²) in [4.78, 5) is 13.2. The highest BCUT2D eigenvalue weighted by molar-refractivity contribution is 7.92. The second-order valence-electron chi connectivity index (χ2n) is 7.73. The highest BCUT2D eigenvalue weighted by atomic mass is 32.2. The van der Waals surface area contributed by atoms with E-state index in [2.05, 4.69) is 5.32 Å². The molecule has 1 fully saturated rings. The van der Waals surface area contributed by atoms with Crippen molar-refractivity contribution in [1.29, 1.82) is 0 Å². The van der Waals surface area contributed by atoms with E-state index in [1.54, 1.807) is 48.5 Å². The van der Waals surface area contributed by atoms with Crippen molar-refractivity contribution in [3.8, 4) is 0 Å². The lowest BCUT2D eigenvalue weighted by atomic mass is 9.64. The first-order valence-corrected chi connectivity index (χ1v) is 11.5. The van der Waals surface area contributed by atoms with E-state index in [-0.39, 0.29) is 16.6 Å². The molecule has 0 saturated heterocycles. The predicted octanol–water partition coefficient (Wildman–Crippen LogP) is 4.71. The molecule has 0 radical (unpaired) electrons. The van der Waals surface area contributed by atoms with Gasteiger partial charge in [-0.3, -0.25) is 9.10 Å². The van der Waals surface area contributed by atoms with Crippen molar-refractivity contribution >= 4 is 27.3 Å². The molecule has 31 heavy (non-hydrogen) atoms. The Morgan fingerprint density at radius 3 is 2.26 bits per heavy atom. The fourth-order valence-electron chi connectivity index (χ4n) is 3.87. The molecule has 0 atom stereocenters. The first-order valence-electron chi connectivity index (χ1n) is 10.0. The van der Waals surface area contributed by atoms with Gasteiger partial charge in [-0.1, -0.05) is 42.8 Å². The van der Waals surface area contributed by atoms with Crippen LogP contribution in [0.1, 0.15) is 24.8 Å². The monoisotopic (exact) mass is 438 g/mol. The maximum atomic E-state index is 13.3. The van der Waals surface area contributed by atoms with Crippen LogP contribution in [0.4, 0.5) is 15.8 Å². The SMILES string of the molecule is CN(c1ccccc1)S(=O)(=O)c1cccc(NC(=O)C2(c3ccc(F)cc3)CCC2)c1. The zero-order chi connectivity index (χ0) is 22.1. The van der Waals surface area contributed by atoms with Gasteiger partial charge in [0.25, 0.3) is 10.0 Å². The summed E-state index contributed by atoms with van der Waals surface area (Å²) < 4.78 is 40.7. The van der Waals surface area contributed by atoms with Gasteiger partial charge in [0.2, 0.25) is 5.91 Å². The number of hydrogen-bond donors (Lipinski definition) is 1. The lowest BCUT2D eigenvalue weighted by Crippen LogP contribution is -2.46. The number of sulfonamides is 1. The average Bonchev–Trinajstić information content (AvgIpc) is 2.74. The van der Waals surface area contributed by atoms with Crippen LogP contribution in [0.15, 0.2) is 83.8 Å². The maximum absolute atomic E-state index is 13.3. The van der Waals surface area contributed by atoms with Gasteiger partial charge in [0.1, 0.15) is 5.82 Å². The van der Waals surface area contributed by atoms with Crippen LogP contribution in [0.3, 0.4) is 0 Å². The Kier molecular flexibility index (Phi) is 5.54. The molecule has 0 aromatic heterocycles. The van der Waals surface area contributed by atoms with E-state index < -0.39 is 15.4 Å². The van der Waals surface area contributed by atoms with E-state index in [1.807, 2.05) is 6.07 Å². The van der Waals surface area contributed by atoms with E-state index in [9.17, 15) is 17.6 Å². The van der Waals surface area contributed by atoms with Crippen LogP contribution in [-0.4, -0.2) is 21.4 Å². The van der Waals surface area contributed by atoms with Gasteiger partial charge in [0.15, 0.2) is 0 Å². The minimum atomic E-state index is -3.79. The number of carbonyl (C=O) groups is 1. The van der Waals surface area contributed by atoms with Gasteiger partial charge in [-0.15, -0.1) is 0 Å². The molecule has 3 aromatic carbocycles. The topological polar surface area (TPSA) is 66.5 Å². The van der Waals surface area contributed by atoms with Crippen molar-refractivity contribution in [1.82, 2.24) is 0 Å². The number of anilines is 2. The zero-order valence-corrected chi connectivity index (χ0v) is 17.9. The van der Waals surface area contributed by atoms with Crippen molar-refractivity contribution in [2.75, 3.05) is 16.7 Å². The quantitative estimate of drug-likeness (QED) is 0.606. The van der Waals surface area contributed by atoms with Gasteiger partial charge in [-0.2, -0.15) is 0 Å². The van der Waals surface area contributed by atoms with Crippen molar-refractivity contribution < 1.29 is 17.6 Å². The molecule has 0 spiro atoms. The standard InChI is InChI=1S/C24H23FN2O3S/c1-27(21-8-3-2-4-9-21)31(29,30)22-10-5-7-20(17-22)26-23(28)24(15-6-16-24)18-11-13-19(25)14-12-18/h2-5,7-14,17H,6,15-16H2,1H3,(H,26,28). The molecular weight excluding hydrogens is 415 g/mol. The molecule has 5 nitrogen and oxygen atoms in total. The number of nitrogens with one attached hydrogen (secondary N) is 1. The third kappa shape index (κ3) is 3.93. The second-order valence-corrected chi connectivity index (χ2v) is 9.70. The molecule has 7 heteroatoms. The molecular formula is C24H23FN2O3S. The third-order valence-electron chi connectivity index (χ3n) is 5.91. The van der Waals surface area contributed by atoms with Gasteiger partial charge >= 0.3 is 0 Å². The summed E-state index contributed by atoms with van der Waals surface area (Å²) in [5, 5.41) is 2.87. The van der Waals surface area contributed by atoms with Crippen LogP contribution in [0.5, 0.6) is 0 Å². The summed E-state index contributed by atoms with van der Waals surface area (Å²) in [5.74, 6) is -0.560. The molecule has 1 N–H and O–H groups in total. The smallest absolute Gasteiger partial charge is 0.264 e. The molecule has 4 rings (SSSR count). The number of halogens is 1. The summed E-state index contributed by atoms with van der Waals surface area (Å²) in [6, 6.07) is 21.0. The number of nitrogens with zero attached hydrogens (tertiary/aromatic N) is 1. The molecule has 1 saturated carbocycles. The van der Waals surface area contributed by atoms with Crippen LogP contribution in [0.25, 0.3) is 0 Å². The van der Waals surface area contributed by atoms with E-state index in [0.717, 1.165) is 12.0 Å². The largest absolute Gasteiger partial charge is 0.325 e. The summed E-state index contributed by atoms with van der Waals surface area (Å²) >= 11 is 0. The molecule has 1 aliphatic rings. The van der Waals surface area contributed by atoms with Crippen molar-refractivity contribution in [3.05, 3.63) is 90.2 Å². The Labute approximate surface area is 181 Å². The van der Waals surface area contributed by atoms with Gasteiger partial charge < -0.3 is 5.32 Å². The fourth-order valence-corrected chi connectivity index (χ4v) is 5.11. The number of carbonyl (C=O) groups excluding carboxylic acids is 1. The van der Waals surface area contributed by atoms with E-state index in [0.29, 0.717) is 24.2 Å². The molecule has 0 heterocycles. The highest BCUT2D eigenvalue weighted by Gasteiger charge is 2.45. The van der Waals surface area contributed by atoms with E-state index >= 15 is 0 Å². The first kappa shape index (κ1) is 21.1. The molecule has 1 amide bonds. The Hall–Kier alpha value is -3.19. The molecule has 1 aliphatic carbocycles.